The molecule has 0 aromatic heterocycles. The highest BCUT2D eigenvalue weighted by Gasteiger charge is 2.19. The zero-order chi connectivity index (χ0) is 14.6. The van der Waals surface area contributed by atoms with Gasteiger partial charge in [-0.05, 0) is 30.0 Å². The number of esters is 1. The first-order valence-electron chi connectivity index (χ1n) is 6.32. The van der Waals surface area contributed by atoms with Crippen molar-refractivity contribution in [2.75, 3.05) is 19.5 Å². The fourth-order valence-corrected chi connectivity index (χ4v) is 1.76. The van der Waals surface area contributed by atoms with Crippen LogP contribution in [-0.4, -0.2) is 26.2 Å². The maximum absolute atomic E-state index is 11.5. The van der Waals surface area contributed by atoms with E-state index < -0.39 is 6.04 Å². The van der Waals surface area contributed by atoms with E-state index in [0.29, 0.717) is 5.75 Å². The summed E-state index contributed by atoms with van der Waals surface area (Å²) in [5.41, 5.74) is 2.01. The summed E-state index contributed by atoms with van der Waals surface area (Å²) in [6, 6.07) is 5.53. The van der Waals surface area contributed by atoms with Crippen LogP contribution in [0.1, 0.15) is 33.3 Å². The highest BCUT2D eigenvalue weighted by molar-refractivity contribution is 5.79. The predicted molar refractivity (Wildman–Crippen MR) is 76.8 cm³/mol. The minimum atomic E-state index is -0.422. The molecule has 1 unspecified atom stereocenters. The van der Waals surface area contributed by atoms with Crippen molar-refractivity contribution in [3.63, 3.8) is 0 Å². The summed E-state index contributed by atoms with van der Waals surface area (Å²) in [5.74, 6) is 0.409. The first kappa shape index (κ1) is 15.3. The van der Waals surface area contributed by atoms with Crippen molar-refractivity contribution in [1.29, 1.82) is 0 Å². The third-order valence-corrected chi connectivity index (χ3v) is 2.99. The Morgan fingerprint density at radius 2 is 1.89 bits per heavy atom. The van der Waals surface area contributed by atoms with Gasteiger partial charge in [0.05, 0.1) is 19.9 Å². The molecule has 0 amide bonds. The van der Waals surface area contributed by atoms with Crippen molar-refractivity contribution in [3.8, 4) is 5.75 Å². The number of nitrogens with one attached hydrogen (secondary N) is 1. The Labute approximate surface area is 115 Å². The van der Waals surface area contributed by atoms with Gasteiger partial charge in [-0.15, -0.1) is 0 Å². The van der Waals surface area contributed by atoms with Crippen LogP contribution in [0.25, 0.3) is 0 Å². The van der Waals surface area contributed by atoms with Crippen LogP contribution in [0.15, 0.2) is 18.2 Å². The molecule has 0 heterocycles. The molecule has 0 saturated heterocycles. The molecule has 4 nitrogen and oxygen atoms in total. The quantitative estimate of drug-likeness (QED) is 0.850. The minimum absolute atomic E-state index is 0.0389. The Morgan fingerprint density at radius 1 is 1.26 bits per heavy atom. The Kier molecular flexibility index (Phi) is 4.81. The molecule has 1 N–H and O–H groups in total. The van der Waals surface area contributed by atoms with Crippen molar-refractivity contribution < 1.29 is 14.3 Å². The second-order valence-electron chi connectivity index (χ2n) is 5.55. The van der Waals surface area contributed by atoms with Gasteiger partial charge in [-0.25, -0.2) is 4.79 Å². The van der Waals surface area contributed by atoms with Crippen LogP contribution in [-0.2, 0) is 14.9 Å². The number of carbonyl (C=O) groups is 1. The van der Waals surface area contributed by atoms with Crippen molar-refractivity contribution in [2.24, 2.45) is 0 Å². The number of hydrogen-bond acceptors (Lipinski definition) is 4. The molecule has 1 aromatic rings. The van der Waals surface area contributed by atoms with Crippen LogP contribution >= 0.6 is 0 Å². The third kappa shape index (κ3) is 3.88. The van der Waals surface area contributed by atoms with Gasteiger partial charge in [0.25, 0.3) is 0 Å². The van der Waals surface area contributed by atoms with E-state index in [1.807, 2.05) is 18.2 Å². The first-order valence-corrected chi connectivity index (χ1v) is 6.32. The lowest BCUT2D eigenvalue weighted by atomic mass is 9.86. The standard InChI is InChI=1S/C15H23NO3/c1-10(14(17)19-6)16-12-9-11(15(2,3)4)7-8-13(12)18-5/h7-10,16H,1-6H3. The van der Waals surface area contributed by atoms with Crippen LogP contribution < -0.4 is 10.1 Å². The second kappa shape index (κ2) is 5.95. The molecule has 106 valence electrons. The fraction of sp³-hybridized carbons (Fsp3) is 0.533. The van der Waals surface area contributed by atoms with Crippen molar-refractivity contribution in [2.45, 2.75) is 39.2 Å². The number of carbonyl (C=O) groups excluding carboxylic acids is 1. The maximum Gasteiger partial charge on any atom is 0.327 e. The second-order valence-corrected chi connectivity index (χ2v) is 5.55. The molecule has 0 bridgehead atoms. The number of benzene rings is 1. The van der Waals surface area contributed by atoms with E-state index in [4.69, 9.17) is 9.47 Å². The van der Waals surface area contributed by atoms with E-state index in [9.17, 15) is 4.79 Å². The summed E-state index contributed by atoms with van der Waals surface area (Å²) in [6.45, 7) is 8.18. The summed E-state index contributed by atoms with van der Waals surface area (Å²) in [6.07, 6.45) is 0. The van der Waals surface area contributed by atoms with Crippen LogP contribution in [0.2, 0.25) is 0 Å². The number of rotatable bonds is 4. The molecule has 0 fully saturated rings. The van der Waals surface area contributed by atoms with E-state index in [2.05, 4.69) is 26.1 Å². The van der Waals surface area contributed by atoms with Crippen molar-refractivity contribution in [3.05, 3.63) is 23.8 Å². The van der Waals surface area contributed by atoms with E-state index >= 15 is 0 Å². The molecule has 1 atom stereocenters. The molecule has 0 radical (unpaired) electrons. The molecule has 19 heavy (non-hydrogen) atoms. The molecule has 0 aliphatic carbocycles. The molecule has 0 spiro atoms. The average molecular weight is 265 g/mol. The first-order chi connectivity index (χ1) is 8.79. The van der Waals surface area contributed by atoms with Gasteiger partial charge in [0.1, 0.15) is 11.8 Å². The van der Waals surface area contributed by atoms with E-state index in [0.717, 1.165) is 5.69 Å². The Hall–Kier alpha value is -1.71. The van der Waals surface area contributed by atoms with E-state index in [1.165, 1.54) is 12.7 Å². The number of anilines is 1. The number of methoxy groups -OCH3 is 2. The van der Waals surface area contributed by atoms with Crippen LogP contribution in [0.3, 0.4) is 0 Å². The summed E-state index contributed by atoms with van der Waals surface area (Å²) < 4.78 is 10.0. The summed E-state index contributed by atoms with van der Waals surface area (Å²) >= 11 is 0. The predicted octanol–water partition coefficient (Wildman–Crippen LogP) is 2.97. The summed E-state index contributed by atoms with van der Waals surface area (Å²) in [4.78, 5) is 11.5. The van der Waals surface area contributed by atoms with Gasteiger partial charge in [-0.1, -0.05) is 26.8 Å². The fourth-order valence-electron chi connectivity index (χ4n) is 1.76. The molecule has 0 saturated carbocycles. The lowest BCUT2D eigenvalue weighted by molar-refractivity contribution is -0.141. The molecule has 1 aromatic carbocycles. The topological polar surface area (TPSA) is 47.6 Å². The average Bonchev–Trinajstić information content (AvgIpc) is 2.36. The van der Waals surface area contributed by atoms with Gasteiger partial charge >= 0.3 is 5.97 Å². The zero-order valence-corrected chi connectivity index (χ0v) is 12.5. The monoisotopic (exact) mass is 265 g/mol. The zero-order valence-electron chi connectivity index (χ0n) is 12.5. The molecule has 0 aliphatic rings. The summed E-state index contributed by atoms with van der Waals surface area (Å²) in [7, 11) is 2.99. The highest BCUT2D eigenvalue weighted by Crippen LogP contribution is 2.31. The highest BCUT2D eigenvalue weighted by atomic mass is 16.5. The van der Waals surface area contributed by atoms with Crippen molar-refractivity contribution >= 4 is 11.7 Å². The van der Waals surface area contributed by atoms with Gasteiger partial charge in [-0.3, -0.25) is 0 Å². The molecule has 1 rings (SSSR count). The van der Waals surface area contributed by atoms with Gasteiger partial charge in [0.15, 0.2) is 0 Å². The van der Waals surface area contributed by atoms with Crippen molar-refractivity contribution in [1.82, 2.24) is 0 Å². The third-order valence-electron chi connectivity index (χ3n) is 2.99. The van der Waals surface area contributed by atoms with E-state index in [1.54, 1.807) is 14.0 Å². The largest absolute Gasteiger partial charge is 0.495 e. The SMILES string of the molecule is COC(=O)C(C)Nc1cc(C(C)(C)C)ccc1OC. The van der Waals surface area contributed by atoms with Gasteiger partial charge in [0, 0.05) is 0 Å². The van der Waals surface area contributed by atoms with Gasteiger partial charge in [-0.2, -0.15) is 0 Å². The van der Waals surface area contributed by atoms with Crippen LogP contribution in [0.5, 0.6) is 5.75 Å². The maximum atomic E-state index is 11.5. The molecular formula is C15H23NO3. The molecular weight excluding hydrogens is 242 g/mol. The Morgan fingerprint density at radius 3 is 2.37 bits per heavy atom. The number of ether oxygens (including phenoxy) is 2. The normalized spacial score (nSPS) is 12.7. The lowest BCUT2D eigenvalue weighted by Gasteiger charge is -2.22. The Balaban J connectivity index is 3.06. The molecule has 4 heteroatoms. The molecule has 0 aliphatic heterocycles. The number of hydrogen-bond donors (Lipinski definition) is 1. The van der Waals surface area contributed by atoms with E-state index in [-0.39, 0.29) is 11.4 Å². The Bertz CT molecular complexity index is 449. The minimum Gasteiger partial charge on any atom is -0.495 e. The van der Waals surface area contributed by atoms with Gasteiger partial charge in [0.2, 0.25) is 0 Å². The van der Waals surface area contributed by atoms with Crippen LogP contribution in [0.4, 0.5) is 5.69 Å². The summed E-state index contributed by atoms with van der Waals surface area (Å²) in [5, 5.41) is 3.13. The lowest BCUT2D eigenvalue weighted by Crippen LogP contribution is -2.27. The smallest absolute Gasteiger partial charge is 0.327 e. The van der Waals surface area contributed by atoms with Crippen LogP contribution in [0, 0.1) is 0 Å². The van der Waals surface area contributed by atoms with Gasteiger partial charge < -0.3 is 14.8 Å².